The Morgan fingerprint density at radius 1 is 1.00 bits per heavy atom. The van der Waals surface area contributed by atoms with E-state index in [9.17, 15) is 4.79 Å². The molecular formula is C14H27NO. The molecule has 16 heavy (non-hydrogen) atoms. The van der Waals surface area contributed by atoms with Crippen LogP contribution in [0.3, 0.4) is 0 Å². The maximum atomic E-state index is 10.8. The van der Waals surface area contributed by atoms with Crippen molar-refractivity contribution in [3.63, 3.8) is 0 Å². The van der Waals surface area contributed by atoms with E-state index in [1.807, 2.05) is 6.08 Å². The minimum Gasteiger partial charge on any atom is -0.356 e. The van der Waals surface area contributed by atoms with E-state index in [2.05, 4.69) is 12.2 Å². The Morgan fingerprint density at radius 2 is 1.56 bits per heavy atom. The van der Waals surface area contributed by atoms with Crippen molar-refractivity contribution < 1.29 is 4.79 Å². The molecule has 0 atom stereocenters. The molecule has 2 nitrogen and oxygen atoms in total. The topological polar surface area (TPSA) is 29.1 Å². The van der Waals surface area contributed by atoms with Crippen LogP contribution in [0.25, 0.3) is 0 Å². The highest BCUT2D eigenvalue weighted by molar-refractivity contribution is 5.87. The predicted octanol–water partition coefficient (Wildman–Crippen LogP) is 3.82. The zero-order chi connectivity index (χ0) is 12.1. The van der Waals surface area contributed by atoms with Gasteiger partial charge in [-0.05, 0) is 18.9 Å². The van der Waals surface area contributed by atoms with Crippen LogP contribution in [0.2, 0.25) is 0 Å². The van der Waals surface area contributed by atoms with Crippen molar-refractivity contribution in [3.8, 4) is 0 Å². The summed E-state index contributed by atoms with van der Waals surface area (Å²) >= 11 is 0. The van der Waals surface area contributed by atoms with Gasteiger partial charge in [-0.2, -0.15) is 0 Å². The highest BCUT2D eigenvalue weighted by atomic mass is 16.1. The van der Waals surface area contributed by atoms with Gasteiger partial charge in [-0.25, -0.2) is 0 Å². The van der Waals surface area contributed by atoms with Crippen molar-refractivity contribution in [3.05, 3.63) is 12.2 Å². The Balaban J connectivity index is 3.09. The molecule has 0 spiro atoms. The third-order valence-electron chi connectivity index (χ3n) is 2.74. The Bertz CT molecular complexity index is 187. The largest absolute Gasteiger partial charge is 0.356 e. The standard InChI is InChI=1S/C14H27NO/c1-3-4-5-6-7-8-9-10-11-12-13-14(16)15-2/h12-13H,3-11H2,1-2H3,(H,15,16). The normalized spacial score (nSPS) is 10.9. The average Bonchev–Trinajstić information content (AvgIpc) is 2.31. The number of rotatable bonds is 10. The van der Waals surface area contributed by atoms with Crippen LogP contribution in [0, 0.1) is 0 Å². The molecule has 0 saturated heterocycles. The Hall–Kier alpha value is -0.790. The van der Waals surface area contributed by atoms with Crippen LogP contribution in [0.15, 0.2) is 12.2 Å². The molecule has 0 fully saturated rings. The van der Waals surface area contributed by atoms with E-state index in [0.717, 1.165) is 6.42 Å². The summed E-state index contributed by atoms with van der Waals surface area (Å²) in [5.74, 6) is -0.000402. The molecule has 2 heteroatoms. The minimum atomic E-state index is -0.000402. The molecule has 1 amide bonds. The van der Waals surface area contributed by atoms with E-state index < -0.39 is 0 Å². The number of amides is 1. The number of carbonyl (C=O) groups excluding carboxylic acids is 1. The second kappa shape index (κ2) is 12.3. The summed E-state index contributed by atoms with van der Waals surface area (Å²) in [5, 5.41) is 2.57. The van der Waals surface area contributed by atoms with E-state index in [0.29, 0.717) is 0 Å². The summed E-state index contributed by atoms with van der Waals surface area (Å²) in [4.78, 5) is 10.8. The highest BCUT2D eigenvalue weighted by Crippen LogP contribution is 2.09. The first kappa shape index (κ1) is 15.2. The van der Waals surface area contributed by atoms with E-state index in [4.69, 9.17) is 0 Å². The number of hydrogen-bond donors (Lipinski definition) is 1. The Labute approximate surface area is 101 Å². The molecule has 0 aromatic rings. The van der Waals surface area contributed by atoms with Crippen molar-refractivity contribution in [2.45, 2.75) is 64.7 Å². The molecule has 0 unspecified atom stereocenters. The monoisotopic (exact) mass is 225 g/mol. The van der Waals surface area contributed by atoms with Crippen molar-refractivity contribution in [1.82, 2.24) is 5.32 Å². The fourth-order valence-corrected chi connectivity index (χ4v) is 1.67. The fraction of sp³-hybridized carbons (Fsp3) is 0.786. The van der Waals surface area contributed by atoms with Crippen LogP contribution in [-0.4, -0.2) is 13.0 Å². The predicted molar refractivity (Wildman–Crippen MR) is 70.4 cm³/mol. The number of likely N-dealkylation sites (N-methyl/N-ethyl adjacent to an activating group) is 1. The quantitative estimate of drug-likeness (QED) is 0.444. The number of carbonyl (C=O) groups is 1. The van der Waals surface area contributed by atoms with Gasteiger partial charge < -0.3 is 5.32 Å². The van der Waals surface area contributed by atoms with Crippen LogP contribution in [0.5, 0.6) is 0 Å². The van der Waals surface area contributed by atoms with Crippen molar-refractivity contribution >= 4 is 5.91 Å². The second-order valence-corrected chi connectivity index (χ2v) is 4.28. The molecule has 0 aromatic carbocycles. The average molecular weight is 225 g/mol. The molecule has 0 aliphatic heterocycles. The van der Waals surface area contributed by atoms with Crippen LogP contribution < -0.4 is 5.32 Å². The molecule has 0 radical (unpaired) electrons. The lowest BCUT2D eigenvalue weighted by Crippen LogP contribution is -2.13. The first-order chi connectivity index (χ1) is 7.81. The molecule has 0 saturated carbocycles. The highest BCUT2D eigenvalue weighted by Gasteiger charge is 1.91. The summed E-state index contributed by atoms with van der Waals surface area (Å²) in [6, 6.07) is 0. The molecular weight excluding hydrogens is 198 g/mol. The zero-order valence-electron chi connectivity index (χ0n) is 10.9. The SMILES string of the molecule is CCCCCCCCCCC=CC(=O)NC. The van der Waals surface area contributed by atoms with Gasteiger partial charge in [0.2, 0.25) is 5.91 Å². The third kappa shape index (κ3) is 11.3. The van der Waals surface area contributed by atoms with Crippen molar-refractivity contribution in [2.75, 3.05) is 7.05 Å². The fourth-order valence-electron chi connectivity index (χ4n) is 1.67. The number of nitrogens with one attached hydrogen (secondary N) is 1. The summed E-state index contributed by atoms with van der Waals surface area (Å²) in [5.41, 5.74) is 0. The van der Waals surface area contributed by atoms with Gasteiger partial charge in [0.25, 0.3) is 0 Å². The molecule has 1 N–H and O–H groups in total. The number of hydrogen-bond acceptors (Lipinski definition) is 1. The van der Waals surface area contributed by atoms with E-state index >= 15 is 0 Å². The van der Waals surface area contributed by atoms with Gasteiger partial charge in [-0.15, -0.1) is 0 Å². The van der Waals surface area contributed by atoms with E-state index in [1.54, 1.807) is 13.1 Å². The number of unbranched alkanes of at least 4 members (excludes halogenated alkanes) is 8. The smallest absolute Gasteiger partial charge is 0.243 e. The van der Waals surface area contributed by atoms with Gasteiger partial charge in [-0.1, -0.05) is 57.9 Å². The Morgan fingerprint density at radius 3 is 2.12 bits per heavy atom. The molecule has 0 bridgehead atoms. The van der Waals surface area contributed by atoms with Gasteiger partial charge in [0.15, 0.2) is 0 Å². The maximum Gasteiger partial charge on any atom is 0.243 e. The third-order valence-corrected chi connectivity index (χ3v) is 2.74. The van der Waals surface area contributed by atoms with Crippen LogP contribution in [0.4, 0.5) is 0 Å². The molecule has 0 heterocycles. The van der Waals surface area contributed by atoms with Crippen molar-refractivity contribution in [2.24, 2.45) is 0 Å². The summed E-state index contributed by atoms with van der Waals surface area (Å²) in [6.07, 6.45) is 15.3. The lowest BCUT2D eigenvalue weighted by Gasteiger charge is -1.99. The lowest BCUT2D eigenvalue weighted by molar-refractivity contribution is -0.116. The number of allylic oxidation sites excluding steroid dienone is 1. The van der Waals surface area contributed by atoms with E-state index in [-0.39, 0.29) is 5.91 Å². The summed E-state index contributed by atoms with van der Waals surface area (Å²) in [6.45, 7) is 2.25. The molecule has 0 aliphatic rings. The first-order valence-corrected chi connectivity index (χ1v) is 6.69. The van der Waals surface area contributed by atoms with Crippen LogP contribution in [-0.2, 0) is 4.79 Å². The Kier molecular flexibility index (Phi) is 11.7. The van der Waals surface area contributed by atoms with E-state index in [1.165, 1.54) is 51.4 Å². The van der Waals surface area contributed by atoms with Crippen LogP contribution >= 0.6 is 0 Å². The summed E-state index contributed by atoms with van der Waals surface area (Å²) in [7, 11) is 1.66. The maximum absolute atomic E-state index is 10.8. The lowest BCUT2D eigenvalue weighted by atomic mass is 10.1. The van der Waals surface area contributed by atoms with Gasteiger partial charge in [0.1, 0.15) is 0 Å². The van der Waals surface area contributed by atoms with Gasteiger partial charge in [0.05, 0.1) is 0 Å². The van der Waals surface area contributed by atoms with Crippen molar-refractivity contribution in [1.29, 1.82) is 0 Å². The van der Waals surface area contributed by atoms with Gasteiger partial charge in [-0.3, -0.25) is 4.79 Å². The van der Waals surface area contributed by atoms with Gasteiger partial charge >= 0.3 is 0 Å². The molecule has 0 aliphatic carbocycles. The van der Waals surface area contributed by atoms with Gasteiger partial charge in [0, 0.05) is 7.05 Å². The van der Waals surface area contributed by atoms with Crippen LogP contribution in [0.1, 0.15) is 64.7 Å². The first-order valence-electron chi connectivity index (χ1n) is 6.69. The molecule has 94 valence electrons. The summed E-state index contributed by atoms with van der Waals surface area (Å²) < 4.78 is 0. The molecule has 0 aromatic heterocycles. The zero-order valence-corrected chi connectivity index (χ0v) is 10.9. The minimum absolute atomic E-state index is 0.000402. The molecule has 0 rings (SSSR count). The second-order valence-electron chi connectivity index (χ2n) is 4.28.